The number of nitrogens with one attached hydrogen (secondary N) is 2. The van der Waals surface area contributed by atoms with Gasteiger partial charge in [0.1, 0.15) is 0 Å². The molecule has 1 fully saturated rings. The molecular weight excluding hydrogens is 357 g/mol. The lowest BCUT2D eigenvalue weighted by atomic mass is 10.2. The third-order valence-corrected chi connectivity index (χ3v) is 3.93. The van der Waals surface area contributed by atoms with Crippen LogP contribution in [-0.2, 0) is 6.18 Å². The maximum absolute atomic E-state index is 12.8. The lowest BCUT2D eigenvalue weighted by Crippen LogP contribution is -2.37. The number of carbonyl (C=O) groups excluding carboxylic acids is 1. The molecule has 0 saturated carbocycles. The van der Waals surface area contributed by atoms with E-state index in [0.29, 0.717) is 6.54 Å². The number of hydrogen-bond acceptors (Lipinski definition) is 3. The summed E-state index contributed by atoms with van der Waals surface area (Å²) in [5, 5.41) is 10.1. The monoisotopic (exact) mass is 374 g/mol. The minimum Gasteiger partial charge on any atom is -0.349 e. The molecule has 1 atom stereocenters. The van der Waals surface area contributed by atoms with E-state index in [0.717, 1.165) is 31.5 Å². The van der Waals surface area contributed by atoms with E-state index in [4.69, 9.17) is 0 Å². The van der Waals surface area contributed by atoms with E-state index < -0.39 is 11.7 Å². The van der Waals surface area contributed by atoms with E-state index >= 15 is 0 Å². The minimum absolute atomic E-state index is 0. The number of nitrogens with zero attached hydrogens (tertiary/aromatic N) is 2. The summed E-state index contributed by atoms with van der Waals surface area (Å²) in [7, 11) is 0. The van der Waals surface area contributed by atoms with Crippen molar-refractivity contribution in [2.75, 3.05) is 13.1 Å². The van der Waals surface area contributed by atoms with Gasteiger partial charge in [-0.25, -0.2) is 4.68 Å². The van der Waals surface area contributed by atoms with Gasteiger partial charge < -0.3 is 10.6 Å². The molecule has 1 unspecified atom stereocenters. The first kappa shape index (κ1) is 19.3. The molecule has 1 aromatic carbocycles. The van der Waals surface area contributed by atoms with Crippen LogP contribution in [0.25, 0.3) is 5.69 Å². The van der Waals surface area contributed by atoms with Crippen molar-refractivity contribution in [3.05, 3.63) is 47.8 Å². The van der Waals surface area contributed by atoms with E-state index in [1.807, 2.05) is 0 Å². The van der Waals surface area contributed by atoms with E-state index in [1.54, 1.807) is 0 Å². The molecule has 5 nitrogen and oxygen atoms in total. The highest BCUT2D eigenvalue weighted by Gasteiger charge is 2.30. The van der Waals surface area contributed by atoms with Gasteiger partial charge >= 0.3 is 6.18 Å². The quantitative estimate of drug-likeness (QED) is 0.865. The van der Waals surface area contributed by atoms with Crippen LogP contribution in [0, 0.1) is 0 Å². The van der Waals surface area contributed by atoms with Crippen molar-refractivity contribution in [3.63, 3.8) is 0 Å². The van der Waals surface area contributed by atoms with Crippen LogP contribution in [0.4, 0.5) is 13.2 Å². The van der Waals surface area contributed by atoms with Crippen LogP contribution in [0.15, 0.2) is 36.5 Å². The third kappa shape index (κ3) is 4.73. The van der Waals surface area contributed by atoms with Crippen LogP contribution in [0.5, 0.6) is 0 Å². The maximum atomic E-state index is 12.8. The molecule has 25 heavy (non-hydrogen) atoms. The van der Waals surface area contributed by atoms with Gasteiger partial charge in [0, 0.05) is 18.8 Å². The summed E-state index contributed by atoms with van der Waals surface area (Å²) in [6.45, 7) is 1.46. The number of rotatable bonds is 4. The van der Waals surface area contributed by atoms with Crippen LogP contribution in [0.2, 0.25) is 0 Å². The molecule has 1 aliphatic heterocycles. The van der Waals surface area contributed by atoms with E-state index in [-0.39, 0.29) is 35.7 Å². The molecule has 2 N–H and O–H groups in total. The van der Waals surface area contributed by atoms with Crippen LogP contribution in [-0.4, -0.2) is 34.8 Å². The number of benzene rings is 1. The zero-order valence-electron chi connectivity index (χ0n) is 13.2. The highest BCUT2D eigenvalue weighted by atomic mass is 35.5. The highest BCUT2D eigenvalue weighted by molar-refractivity contribution is 5.92. The molecule has 2 heterocycles. The third-order valence-electron chi connectivity index (χ3n) is 3.93. The maximum Gasteiger partial charge on any atom is 0.416 e. The summed E-state index contributed by atoms with van der Waals surface area (Å²) in [6, 6.07) is 6.56. The van der Waals surface area contributed by atoms with Gasteiger partial charge in [0.05, 0.1) is 11.3 Å². The van der Waals surface area contributed by atoms with Crippen molar-refractivity contribution in [1.29, 1.82) is 0 Å². The van der Waals surface area contributed by atoms with E-state index in [2.05, 4.69) is 15.7 Å². The van der Waals surface area contributed by atoms with Gasteiger partial charge in [0.25, 0.3) is 5.91 Å². The largest absolute Gasteiger partial charge is 0.416 e. The van der Waals surface area contributed by atoms with Gasteiger partial charge in [0.15, 0.2) is 5.69 Å². The number of halogens is 4. The van der Waals surface area contributed by atoms with Gasteiger partial charge in [-0.3, -0.25) is 4.79 Å². The Morgan fingerprint density at radius 3 is 2.84 bits per heavy atom. The summed E-state index contributed by atoms with van der Waals surface area (Å²) >= 11 is 0. The van der Waals surface area contributed by atoms with Crippen molar-refractivity contribution in [1.82, 2.24) is 20.4 Å². The first-order valence-corrected chi connectivity index (χ1v) is 7.68. The molecule has 1 aliphatic rings. The fourth-order valence-electron chi connectivity index (χ4n) is 2.65. The Morgan fingerprint density at radius 1 is 1.36 bits per heavy atom. The summed E-state index contributed by atoms with van der Waals surface area (Å²) in [6.07, 6.45) is -0.848. The molecular formula is C16H18ClF3N4O. The van der Waals surface area contributed by atoms with E-state index in [9.17, 15) is 18.0 Å². The first-order valence-electron chi connectivity index (χ1n) is 7.68. The summed E-state index contributed by atoms with van der Waals surface area (Å²) in [5.41, 5.74) is -0.333. The average molecular weight is 375 g/mol. The second-order valence-corrected chi connectivity index (χ2v) is 5.70. The van der Waals surface area contributed by atoms with Crippen LogP contribution < -0.4 is 10.6 Å². The molecule has 0 radical (unpaired) electrons. The lowest BCUT2D eigenvalue weighted by molar-refractivity contribution is -0.137. The molecule has 0 spiro atoms. The topological polar surface area (TPSA) is 59.0 Å². The van der Waals surface area contributed by atoms with Crippen LogP contribution in [0.1, 0.15) is 28.9 Å². The SMILES string of the molecule is Cl.O=C(NCC1CCCN1)c1ccn(-c2cccc(C(F)(F)F)c2)n1. The van der Waals surface area contributed by atoms with Crippen molar-refractivity contribution in [2.45, 2.75) is 25.1 Å². The second kappa shape index (κ2) is 7.88. The second-order valence-electron chi connectivity index (χ2n) is 5.70. The molecule has 0 bridgehead atoms. The number of hydrogen-bond donors (Lipinski definition) is 2. The Hall–Kier alpha value is -2.06. The summed E-state index contributed by atoms with van der Waals surface area (Å²) in [5.74, 6) is -0.338. The predicted molar refractivity (Wildman–Crippen MR) is 89.2 cm³/mol. The number of amides is 1. The van der Waals surface area contributed by atoms with Gasteiger partial charge in [-0.2, -0.15) is 18.3 Å². The lowest BCUT2D eigenvalue weighted by Gasteiger charge is -2.10. The summed E-state index contributed by atoms with van der Waals surface area (Å²) in [4.78, 5) is 12.1. The number of aromatic nitrogens is 2. The van der Waals surface area contributed by atoms with Gasteiger partial charge in [0.2, 0.25) is 0 Å². The Balaban J connectivity index is 0.00000225. The normalized spacial score (nSPS) is 17.2. The van der Waals surface area contributed by atoms with Crippen molar-refractivity contribution >= 4 is 18.3 Å². The highest BCUT2D eigenvalue weighted by Crippen LogP contribution is 2.30. The van der Waals surface area contributed by atoms with Crippen molar-refractivity contribution < 1.29 is 18.0 Å². The Labute approximate surface area is 149 Å². The number of alkyl halides is 3. The smallest absolute Gasteiger partial charge is 0.349 e. The zero-order chi connectivity index (χ0) is 17.2. The standard InChI is InChI=1S/C16H17F3N4O.ClH/c17-16(18,19)11-3-1-5-13(9-11)23-8-6-14(22-23)15(24)21-10-12-4-2-7-20-12;/h1,3,5-6,8-9,12,20H,2,4,7,10H2,(H,21,24);1H. The molecule has 1 aromatic heterocycles. The molecule has 1 amide bonds. The minimum atomic E-state index is -4.42. The van der Waals surface area contributed by atoms with E-state index in [1.165, 1.54) is 29.1 Å². The van der Waals surface area contributed by atoms with Gasteiger partial charge in [-0.05, 0) is 43.7 Å². The first-order chi connectivity index (χ1) is 11.4. The summed E-state index contributed by atoms with van der Waals surface area (Å²) < 4.78 is 39.6. The zero-order valence-corrected chi connectivity index (χ0v) is 14.0. The van der Waals surface area contributed by atoms with Gasteiger partial charge in [-0.1, -0.05) is 6.07 Å². The average Bonchev–Trinajstić information content (AvgIpc) is 3.23. The Bertz CT molecular complexity index is 726. The fraction of sp³-hybridized carbons (Fsp3) is 0.375. The van der Waals surface area contributed by atoms with Crippen LogP contribution in [0.3, 0.4) is 0 Å². The fourth-order valence-corrected chi connectivity index (χ4v) is 2.65. The molecule has 2 aromatic rings. The Kier molecular flexibility index (Phi) is 6.07. The molecule has 1 saturated heterocycles. The number of carbonyl (C=O) groups is 1. The molecule has 136 valence electrons. The van der Waals surface area contributed by atoms with Gasteiger partial charge in [-0.15, -0.1) is 12.4 Å². The molecule has 3 rings (SSSR count). The van der Waals surface area contributed by atoms with Crippen molar-refractivity contribution in [2.24, 2.45) is 0 Å². The predicted octanol–water partition coefficient (Wildman–Crippen LogP) is 2.79. The van der Waals surface area contributed by atoms with Crippen LogP contribution >= 0.6 is 12.4 Å². The molecule has 9 heteroatoms. The Morgan fingerprint density at radius 2 is 2.16 bits per heavy atom. The molecule has 0 aliphatic carbocycles. The van der Waals surface area contributed by atoms with Crippen molar-refractivity contribution in [3.8, 4) is 5.69 Å².